The maximum atomic E-state index is 13.8. The molecule has 0 radical (unpaired) electrons. The Balaban J connectivity index is 2.01. The first-order chi connectivity index (χ1) is 18.0. The van der Waals surface area contributed by atoms with E-state index in [2.05, 4.69) is 5.32 Å². The van der Waals surface area contributed by atoms with Crippen LogP contribution in [-0.4, -0.2) is 43.8 Å². The van der Waals surface area contributed by atoms with Gasteiger partial charge in [0.25, 0.3) is 10.0 Å². The molecule has 3 rings (SSSR count). The third kappa shape index (κ3) is 7.49. The van der Waals surface area contributed by atoms with E-state index in [0.29, 0.717) is 10.0 Å². The van der Waals surface area contributed by atoms with Crippen molar-refractivity contribution in [2.45, 2.75) is 50.7 Å². The topological polar surface area (TPSA) is 86.8 Å². The number of rotatable bonds is 11. The van der Waals surface area contributed by atoms with Crippen LogP contribution >= 0.6 is 23.2 Å². The second-order valence-electron chi connectivity index (χ2n) is 8.95. The molecule has 0 saturated heterocycles. The molecule has 38 heavy (non-hydrogen) atoms. The minimum absolute atomic E-state index is 0.0274. The lowest BCUT2D eigenvalue weighted by Crippen LogP contribution is -2.52. The fraction of sp³-hybridized carbons (Fsp3) is 0.286. The van der Waals surface area contributed by atoms with Crippen LogP contribution in [0.4, 0.5) is 5.69 Å². The molecule has 0 bridgehead atoms. The van der Waals surface area contributed by atoms with Gasteiger partial charge >= 0.3 is 0 Å². The third-order valence-corrected chi connectivity index (χ3v) is 8.42. The van der Waals surface area contributed by atoms with Crippen LogP contribution in [0.25, 0.3) is 0 Å². The van der Waals surface area contributed by atoms with Crippen LogP contribution in [0.1, 0.15) is 32.8 Å². The second-order valence-corrected chi connectivity index (χ2v) is 11.7. The Bertz CT molecular complexity index is 1350. The van der Waals surface area contributed by atoms with E-state index in [1.54, 1.807) is 67.6 Å². The maximum Gasteiger partial charge on any atom is 0.264 e. The summed E-state index contributed by atoms with van der Waals surface area (Å²) in [5.41, 5.74) is 0.976. The summed E-state index contributed by atoms with van der Waals surface area (Å²) in [6, 6.07) is 20.1. The molecule has 0 fully saturated rings. The van der Waals surface area contributed by atoms with Crippen LogP contribution in [0.15, 0.2) is 83.8 Å². The first kappa shape index (κ1) is 29.5. The quantitative estimate of drug-likeness (QED) is 0.326. The Kier molecular flexibility index (Phi) is 10.2. The van der Waals surface area contributed by atoms with Crippen LogP contribution in [-0.2, 0) is 26.2 Å². The van der Waals surface area contributed by atoms with E-state index in [-0.39, 0.29) is 29.1 Å². The van der Waals surface area contributed by atoms with E-state index in [1.165, 1.54) is 23.1 Å². The lowest BCUT2D eigenvalue weighted by Gasteiger charge is -2.32. The van der Waals surface area contributed by atoms with Crippen LogP contribution in [0.3, 0.4) is 0 Å². The predicted molar refractivity (Wildman–Crippen MR) is 152 cm³/mol. The van der Waals surface area contributed by atoms with Crippen LogP contribution in [0.2, 0.25) is 10.0 Å². The molecule has 0 unspecified atom stereocenters. The summed E-state index contributed by atoms with van der Waals surface area (Å²) in [6.45, 7) is 5.00. The zero-order valence-electron chi connectivity index (χ0n) is 21.5. The fourth-order valence-electron chi connectivity index (χ4n) is 3.71. The average Bonchev–Trinajstić information content (AvgIpc) is 2.91. The number of carbonyl (C=O) groups excluding carboxylic acids is 2. The highest BCUT2D eigenvalue weighted by molar-refractivity contribution is 7.92. The molecule has 0 saturated carbocycles. The van der Waals surface area contributed by atoms with Gasteiger partial charge in [0.15, 0.2) is 0 Å². The highest BCUT2D eigenvalue weighted by atomic mass is 35.5. The second kappa shape index (κ2) is 13.1. The lowest BCUT2D eigenvalue weighted by molar-refractivity contribution is -0.139. The Labute approximate surface area is 234 Å². The maximum absolute atomic E-state index is 13.8. The summed E-state index contributed by atoms with van der Waals surface area (Å²) in [5, 5.41) is 3.76. The zero-order chi connectivity index (χ0) is 27.9. The first-order valence-electron chi connectivity index (χ1n) is 12.2. The molecule has 7 nitrogen and oxygen atoms in total. The minimum Gasteiger partial charge on any atom is -0.352 e. The normalized spacial score (nSPS) is 12.9. The van der Waals surface area contributed by atoms with Gasteiger partial charge in [-0.3, -0.25) is 13.9 Å². The van der Waals surface area contributed by atoms with Crippen molar-refractivity contribution in [3.63, 3.8) is 0 Å². The van der Waals surface area contributed by atoms with Gasteiger partial charge < -0.3 is 10.2 Å². The van der Waals surface area contributed by atoms with E-state index >= 15 is 0 Å². The van der Waals surface area contributed by atoms with Crippen molar-refractivity contribution in [3.8, 4) is 0 Å². The number of carbonyl (C=O) groups is 2. The standard InChI is InChI=1S/C28H31Cl2N3O4S/c1-4-20(2)31-28(35)21(3)32(18-22-13-15-23(29)16-14-22)27(34)19-33(25-10-8-9-24(30)17-25)38(36,37)26-11-6-5-7-12-26/h5-17,20-21H,4,18-19H2,1-3H3,(H,31,35)/t20-,21+/m1/s1. The molecule has 10 heteroatoms. The van der Waals surface area contributed by atoms with E-state index in [1.807, 2.05) is 13.8 Å². The van der Waals surface area contributed by atoms with Crippen molar-refractivity contribution in [2.24, 2.45) is 0 Å². The third-order valence-electron chi connectivity index (χ3n) is 6.14. The zero-order valence-corrected chi connectivity index (χ0v) is 23.8. The monoisotopic (exact) mass is 575 g/mol. The van der Waals surface area contributed by atoms with E-state index < -0.39 is 28.5 Å². The summed E-state index contributed by atoms with van der Waals surface area (Å²) in [7, 11) is -4.14. The van der Waals surface area contributed by atoms with Gasteiger partial charge in [0.2, 0.25) is 11.8 Å². The molecule has 0 aliphatic carbocycles. The molecule has 1 N–H and O–H groups in total. The molecular weight excluding hydrogens is 545 g/mol. The number of benzene rings is 3. The number of sulfonamides is 1. The molecular formula is C28H31Cl2N3O4S. The molecule has 0 aliphatic heterocycles. The molecule has 202 valence electrons. The van der Waals surface area contributed by atoms with Crippen LogP contribution in [0, 0.1) is 0 Å². The SMILES string of the molecule is CC[C@@H](C)NC(=O)[C@H](C)N(Cc1ccc(Cl)cc1)C(=O)CN(c1cccc(Cl)c1)S(=O)(=O)c1ccccc1. The van der Waals surface area contributed by atoms with Gasteiger partial charge in [-0.25, -0.2) is 8.42 Å². The molecule has 0 aromatic heterocycles. The lowest BCUT2D eigenvalue weighted by atomic mass is 10.1. The molecule has 2 amide bonds. The van der Waals surface area contributed by atoms with Crippen LogP contribution in [0.5, 0.6) is 0 Å². The minimum atomic E-state index is -4.14. The molecule has 3 aromatic carbocycles. The smallest absolute Gasteiger partial charge is 0.264 e. The Morgan fingerprint density at radius 3 is 2.16 bits per heavy atom. The van der Waals surface area contributed by atoms with Gasteiger partial charge in [-0.15, -0.1) is 0 Å². The number of nitrogens with one attached hydrogen (secondary N) is 1. The van der Waals surface area contributed by atoms with Gasteiger partial charge in [0, 0.05) is 22.6 Å². The van der Waals surface area contributed by atoms with Gasteiger partial charge in [0.05, 0.1) is 10.6 Å². The number of nitrogens with zero attached hydrogens (tertiary/aromatic N) is 2. The Hall–Kier alpha value is -3.07. The Morgan fingerprint density at radius 1 is 0.895 bits per heavy atom. The highest BCUT2D eigenvalue weighted by Crippen LogP contribution is 2.27. The van der Waals surface area contributed by atoms with Gasteiger partial charge in [-0.05, 0) is 68.3 Å². The van der Waals surface area contributed by atoms with Crippen LogP contribution < -0.4 is 9.62 Å². The molecule has 0 heterocycles. The van der Waals surface area contributed by atoms with E-state index in [4.69, 9.17) is 23.2 Å². The van der Waals surface area contributed by atoms with Crippen molar-refractivity contribution in [3.05, 3.63) is 94.5 Å². The van der Waals surface area contributed by atoms with Crippen molar-refractivity contribution < 1.29 is 18.0 Å². The summed E-state index contributed by atoms with van der Waals surface area (Å²) in [4.78, 5) is 28.3. The first-order valence-corrected chi connectivity index (χ1v) is 14.4. The number of halogens is 2. The summed E-state index contributed by atoms with van der Waals surface area (Å²) < 4.78 is 28.4. The highest BCUT2D eigenvalue weighted by Gasteiger charge is 2.32. The predicted octanol–water partition coefficient (Wildman–Crippen LogP) is 5.52. The molecule has 0 aliphatic rings. The van der Waals surface area contributed by atoms with E-state index in [9.17, 15) is 18.0 Å². The number of anilines is 1. The van der Waals surface area contributed by atoms with Crippen molar-refractivity contribution in [2.75, 3.05) is 10.8 Å². The largest absolute Gasteiger partial charge is 0.352 e. The van der Waals surface area contributed by atoms with Gasteiger partial charge in [-0.2, -0.15) is 0 Å². The van der Waals surface area contributed by atoms with E-state index in [0.717, 1.165) is 16.3 Å². The number of amides is 2. The van der Waals surface area contributed by atoms with Gasteiger partial charge in [0.1, 0.15) is 12.6 Å². The van der Waals surface area contributed by atoms with Crippen molar-refractivity contribution in [1.29, 1.82) is 0 Å². The molecule has 0 spiro atoms. The molecule has 3 aromatic rings. The number of hydrogen-bond acceptors (Lipinski definition) is 4. The Morgan fingerprint density at radius 2 is 1.55 bits per heavy atom. The van der Waals surface area contributed by atoms with Crippen molar-refractivity contribution >= 4 is 50.7 Å². The fourth-order valence-corrected chi connectivity index (χ4v) is 5.45. The molecule has 2 atom stereocenters. The summed E-state index contributed by atoms with van der Waals surface area (Å²) in [5.74, 6) is -0.881. The number of hydrogen-bond donors (Lipinski definition) is 1. The van der Waals surface area contributed by atoms with Gasteiger partial charge in [-0.1, -0.05) is 66.5 Å². The van der Waals surface area contributed by atoms with Crippen molar-refractivity contribution in [1.82, 2.24) is 10.2 Å². The average molecular weight is 577 g/mol. The summed E-state index contributed by atoms with van der Waals surface area (Å²) >= 11 is 12.2. The summed E-state index contributed by atoms with van der Waals surface area (Å²) in [6.07, 6.45) is 0.724.